The normalized spacial score (nSPS) is 35.7. The van der Waals surface area contributed by atoms with Crippen molar-refractivity contribution in [1.82, 2.24) is 41.1 Å². The van der Waals surface area contributed by atoms with Crippen LogP contribution in [0.3, 0.4) is 0 Å². The number of aromatic nitrogens is 3. The number of guanidine groups is 1. The molecular formula is C83H94N10O9. The zero-order chi connectivity index (χ0) is 69.2. The van der Waals surface area contributed by atoms with Crippen LogP contribution in [0.1, 0.15) is 154 Å². The third-order valence-electron chi connectivity index (χ3n) is 26.7. The maximum absolute atomic E-state index is 14.2. The molecule has 19 heteroatoms. The SMILES string of the molecule is CNC1c2c3cccc2C2CC4(CCCC4)C(CC4=CCNC(N)=C4)(CN=C4NC(n5cc6cc[nH]c6c5)C5C(O)NC6CCCCC6C#CCC67Cc8ccc(O)c(c8)OC8CC(C3)CC5(N4)C8C#CC6C=CC3C(OC(C)=O)CC(c4cc(O)c(O)c(OCCc5cccnc5)c4)OC37)C21. The van der Waals surface area contributed by atoms with E-state index in [1.165, 1.54) is 48.1 Å². The van der Waals surface area contributed by atoms with Crippen LogP contribution in [0.25, 0.3) is 10.9 Å². The number of carbonyl (C=O) groups excluding carboxylic acids is 1. The van der Waals surface area contributed by atoms with Gasteiger partial charge in [-0.05, 0) is 176 Å². The zero-order valence-corrected chi connectivity index (χ0v) is 58.2. The number of phenols is 3. The van der Waals surface area contributed by atoms with Gasteiger partial charge in [-0.1, -0.05) is 92.0 Å². The first kappa shape index (κ1) is 65.2. The molecule has 18 rings (SSSR count). The number of nitrogens with two attached hydrogens (primary N) is 1. The van der Waals surface area contributed by atoms with Gasteiger partial charge in [-0.2, -0.15) is 0 Å². The summed E-state index contributed by atoms with van der Waals surface area (Å²) < 4.78 is 30.4. The molecule has 3 aromatic heterocycles. The molecule has 19 unspecified atom stereocenters. The summed E-state index contributed by atoms with van der Waals surface area (Å²) in [5.41, 5.74) is 13.1. The molecule has 19 nitrogen and oxygen atoms in total. The number of aliphatic imine (C=N–C) groups is 1. The third-order valence-corrected chi connectivity index (χ3v) is 26.7. The van der Waals surface area contributed by atoms with Crippen molar-refractivity contribution in [3.8, 4) is 52.4 Å². The average molecular weight is 1380 g/mol. The Balaban J connectivity index is 0.851. The molecule has 0 radical (unpaired) electrons. The summed E-state index contributed by atoms with van der Waals surface area (Å²) in [7, 11) is 2.17. The number of fused-ring (bicyclic) bond motifs is 9. The molecular weight excluding hydrogens is 1280 g/mol. The van der Waals surface area contributed by atoms with Crippen molar-refractivity contribution in [2.45, 2.75) is 176 Å². The lowest BCUT2D eigenvalue weighted by atomic mass is 9.56. The number of aliphatic hydroxyl groups is 1. The summed E-state index contributed by atoms with van der Waals surface area (Å²) in [4.78, 5) is 27.5. The van der Waals surface area contributed by atoms with Crippen LogP contribution < -0.4 is 41.8 Å². The van der Waals surface area contributed by atoms with Crippen molar-refractivity contribution in [1.29, 1.82) is 0 Å². The number of dihydropyridines is 1. The Morgan fingerprint density at radius 1 is 0.951 bits per heavy atom. The first-order valence-corrected chi connectivity index (χ1v) is 37.6. The van der Waals surface area contributed by atoms with E-state index in [4.69, 9.17) is 29.7 Å². The second kappa shape index (κ2) is 25.5. The Labute approximate surface area is 596 Å². The van der Waals surface area contributed by atoms with Crippen molar-refractivity contribution < 1.29 is 44.2 Å². The van der Waals surface area contributed by atoms with E-state index in [1.807, 2.05) is 30.5 Å². The van der Waals surface area contributed by atoms with Crippen LogP contribution in [-0.4, -0.2) is 110 Å². The van der Waals surface area contributed by atoms with Crippen LogP contribution in [0.2, 0.25) is 0 Å². The number of phenolic OH excluding ortho intramolecular Hbond substituents is 3. The molecule has 530 valence electrons. The van der Waals surface area contributed by atoms with Gasteiger partial charge in [0.1, 0.15) is 24.6 Å². The monoisotopic (exact) mass is 1370 g/mol. The van der Waals surface area contributed by atoms with Gasteiger partial charge < -0.3 is 75.9 Å². The van der Waals surface area contributed by atoms with E-state index in [-0.39, 0.29) is 76.7 Å². The van der Waals surface area contributed by atoms with E-state index in [0.29, 0.717) is 74.2 Å². The fourth-order valence-corrected chi connectivity index (χ4v) is 22.5. The molecule has 19 atom stereocenters. The van der Waals surface area contributed by atoms with Gasteiger partial charge in [0.05, 0.1) is 47.5 Å². The molecule has 6 aromatic rings. The van der Waals surface area contributed by atoms with Gasteiger partial charge in [0.2, 0.25) is 5.75 Å². The molecule has 6 aliphatic carbocycles. The lowest BCUT2D eigenvalue weighted by Gasteiger charge is -2.59. The minimum absolute atomic E-state index is 0.00000789. The van der Waals surface area contributed by atoms with E-state index in [0.717, 1.165) is 79.8 Å². The number of carbonyl (C=O) groups is 1. The molecule has 9 bridgehead atoms. The Morgan fingerprint density at radius 2 is 1.84 bits per heavy atom. The summed E-state index contributed by atoms with van der Waals surface area (Å²) >= 11 is 0. The molecule has 4 saturated carbocycles. The average Bonchev–Trinajstić information content (AvgIpc) is 1.49. The van der Waals surface area contributed by atoms with E-state index >= 15 is 0 Å². The topological polar surface area (TPSA) is 267 Å². The maximum atomic E-state index is 14.2. The Hall–Kier alpha value is -8.85. The molecule has 0 amide bonds. The van der Waals surface area contributed by atoms with Crippen molar-refractivity contribution >= 4 is 22.8 Å². The van der Waals surface area contributed by atoms with Crippen molar-refractivity contribution in [3.63, 3.8) is 0 Å². The highest BCUT2D eigenvalue weighted by Gasteiger charge is 2.69. The summed E-state index contributed by atoms with van der Waals surface area (Å²) in [5.74, 6) is 14.5. The molecule has 2 spiro atoms. The number of pyridine rings is 1. The number of nitrogens with one attached hydrogen (secondary N) is 6. The van der Waals surface area contributed by atoms with E-state index in [1.54, 1.807) is 24.5 Å². The van der Waals surface area contributed by atoms with E-state index in [9.17, 15) is 25.2 Å². The quantitative estimate of drug-likeness (QED) is 0.0264. The Morgan fingerprint density at radius 3 is 2.69 bits per heavy atom. The predicted molar refractivity (Wildman–Crippen MR) is 386 cm³/mol. The molecule has 12 N–H and O–H groups in total. The summed E-state index contributed by atoms with van der Waals surface area (Å²) in [6.07, 6.45) is 27.5. The minimum Gasteiger partial charge on any atom is -0.504 e. The highest BCUT2D eigenvalue weighted by atomic mass is 16.6. The second-order valence-electron chi connectivity index (χ2n) is 32.1. The molecule has 9 heterocycles. The number of ether oxygens (including phenoxy) is 4. The van der Waals surface area contributed by atoms with Crippen LogP contribution >= 0.6 is 0 Å². The van der Waals surface area contributed by atoms with Crippen LogP contribution in [0.15, 0.2) is 138 Å². The first-order chi connectivity index (χ1) is 49.7. The smallest absolute Gasteiger partial charge is 0.302 e. The summed E-state index contributed by atoms with van der Waals surface area (Å²) in [6.45, 7) is 2.84. The number of benzene rings is 3. The van der Waals surface area contributed by atoms with Crippen molar-refractivity contribution in [2.24, 2.45) is 68.4 Å². The number of H-pyrrole nitrogens is 1. The van der Waals surface area contributed by atoms with Gasteiger partial charge in [0, 0.05) is 116 Å². The van der Waals surface area contributed by atoms with Gasteiger partial charge in [0.25, 0.3) is 0 Å². The predicted octanol–water partition coefficient (Wildman–Crippen LogP) is 10.6. The van der Waals surface area contributed by atoms with Gasteiger partial charge >= 0.3 is 5.97 Å². The first-order valence-electron chi connectivity index (χ1n) is 37.6. The van der Waals surface area contributed by atoms with Crippen molar-refractivity contribution in [3.05, 3.63) is 167 Å². The molecule has 12 aliphatic rings. The number of aliphatic hydroxyl groups excluding tert-OH is 1. The Bertz CT molecular complexity index is 4500. The number of esters is 1. The fraction of sp³-hybridized carbons (Fsp3) is 0.506. The minimum atomic E-state index is -1.13. The van der Waals surface area contributed by atoms with Gasteiger partial charge in [-0.3, -0.25) is 20.1 Å². The maximum Gasteiger partial charge on any atom is 0.302 e. The van der Waals surface area contributed by atoms with Crippen LogP contribution in [-0.2, 0) is 33.5 Å². The number of hydrogen-bond donors (Lipinski definition) is 11. The molecule has 3 aromatic carbocycles. The molecule has 2 saturated heterocycles. The highest BCUT2D eigenvalue weighted by molar-refractivity contribution is 5.83. The second-order valence-corrected chi connectivity index (χ2v) is 32.1. The summed E-state index contributed by atoms with van der Waals surface area (Å²) in [5, 5.41) is 70.6. The van der Waals surface area contributed by atoms with Crippen LogP contribution in [0.4, 0.5) is 0 Å². The number of aromatic hydroxyl groups is 3. The highest BCUT2D eigenvalue weighted by Crippen LogP contribution is 2.75. The standard InChI is InChI=1S/C83H94N10O9/c1-47(94)100-66-38-65(55-36-64(96)75(97)69(37-55)99-31-24-48-10-9-28-86-43-48)102-76-58(66)19-17-56-18-20-60-67-34-51-32-53-12-7-14-57-59-42-80(25-5-6-26-80)82(72(59)74(85-2)71(53)57,40-50-22-29-88-70(84)35-50)46-89-79-91-77(93-44-54-23-30-87-62(54)45-93)73(83(60,41-51)92-79)78(98)90-61-15-4-3-11-52(61)13-8-27-81(56,76)39-49-16-21-63(95)68(33-49)101-67/h7,9-10,12,14,16-17,19,21-23,28,30,33,35-37,43-45,51-52,56,58-61,65-67,72-74,76-78,85,87-88,90,95-98H,3-6,11,15,24-27,29,31-32,34,38-42,46,84H2,1-2H3,(H2,89,91,92). The molecule has 6 fully saturated rings. The van der Waals surface area contributed by atoms with Crippen LogP contribution in [0.5, 0.6) is 28.7 Å². The zero-order valence-electron chi connectivity index (χ0n) is 58.2. The molecule has 102 heavy (non-hydrogen) atoms. The largest absolute Gasteiger partial charge is 0.504 e. The van der Waals surface area contributed by atoms with E-state index in [2.05, 4.69) is 133 Å². The number of nitrogens with zero attached hydrogens (tertiary/aromatic N) is 3. The summed E-state index contributed by atoms with van der Waals surface area (Å²) in [6, 6.07) is 21.9. The number of aromatic amines is 1. The number of rotatable bonds is 10. The Kier molecular flexibility index (Phi) is 16.3. The van der Waals surface area contributed by atoms with Gasteiger partial charge in [-0.25, -0.2) is 0 Å². The molecule has 6 aliphatic heterocycles. The number of hydrogen-bond acceptors (Lipinski definition) is 17. The van der Waals surface area contributed by atoms with Crippen LogP contribution in [0, 0.1) is 81.4 Å². The van der Waals surface area contributed by atoms with Crippen molar-refractivity contribution in [2.75, 3.05) is 26.7 Å². The van der Waals surface area contributed by atoms with E-state index < -0.39 is 77.4 Å². The lowest BCUT2D eigenvalue weighted by molar-refractivity contribution is -0.197. The third kappa shape index (κ3) is 10.9. The number of allylic oxidation sites excluding steroid dienone is 3. The lowest BCUT2D eigenvalue weighted by Crippen LogP contribution is -2.76. The van der Waals surface area contributed by atoms with Gasteiger partial charge in [-0.15, -0.1) is 5.92 Å². The van der Waals surface area contributed by atoms with Gasteiger partial charge in [0.15, 0.2) is 29.0 Å². The fourth-order valence-electron chi connectivity index (χ4n) is 22.5.